The number of rotatable bonds is 6. The molecule has 1 heteroatoms. The summed E-state index contributed by atoms with van der Waals surface area (Å²) in [5, 5.41) is 3.14. The third-order valence-electron chi connectivity index (χ3n) is 1.53. The van der Waals surface area contributed by atoms with E-state index in [1.165, 1.54) is 38.6 Å². The van der Waals surface area contributed by atoms with Crippen LogP contribution in [0.15, 0.2) is 0 Å². The molecular weight excluding hydrogens is 170 g/mol. The van der Waals surface area contributed by atoms with Gasteiger partial charge in [-0.15, -0.1) is 12.3 Å². The van der Waals surface area contributed by atoms with Gasteiger partial charge in [0, 0.05) is 0 Å². The highest BCUT2D eigenvalue weighted by atomic mass is 14.8. The van der Waals surface area contributed by atoms with Crippen molar-refractivity contribution in [2.45, 2.75) is 59.8 Å². The number of unbranched alkanes of at least 4 members (excludes halogenated alkanes) is 4. The van der Waals surface area contributed by atoms with E-state index in [2.05, 4.69) is 24.6 Å². The summed E-state index contributed by atoms with van der Waals surface area (Å²) in [5.41, 5.74) is 0. The Labute approximate surface area is 91.7 Å². The minimum absolute atomic E-state index is 1.18. The molecule has 0 rings (SSSR count). The van der Waals surface area contributed by atoms with Crippen LogP contribution in [0.5, 0.6) is 0 Å². The first-order valence-corrected chi connectivity index (χ1v) is 5.85. The first-order chi connectivity index (χ1) is 6.83. The molecule has 0 aromatic heterocycles. The van der Waals surface area contributed by atoms with E-state index in [9.17, 15) is 0 Å². The van der Waals surface area contributed by atoms with Crippen LogP contribution < -0.4 is 5.32 Å². The van der Waals surface area contributed by atoms with E-state index >= 15 is 0 Å². The Hall–Kier alpha value is -0.480. The summed E-state index contributed by atoms with van der Waals surface area (Å²) in [6.07, 6.45) is 11.5. The Morgan fingerprint density at radius 1 is 1.07 bits per heavy atom. The highest BCUT2D eigenvalue weighted by Gasteiger charge is 1.85. The quantitative estimate of drug-likeness (QED) is 0.506. The lowest BCUT2D eigenvalue weighted by atomic mass is 10.1. The molecule has 0 radical (unpaired) electrons. The second-order valence-electron chi connectivity index (χ2n) is 2.81. The summed E-state index contributed by atoms with van der Waals surface area (Å²) in [5.74, 6) is 2.25. The maximum absolute atomic E-state index is 4.60. The van der Waals surface area contributed by atoms with Crippen molar-refractivity contribution in [1.82, 2.24) is 5.32 Å². The van der Waals surface area contributed by atoms with Gasteiger partial charge in [0.05, 0.1) is 0 Å². The third-order valence-corrected chi connectivity index (χ3v) is 1.53. The molecule has 1 nitrogen and oxygen atoms in total. The molecule has 0 saturated heterocycles. The second kappa shape index (κ2) is 29.4. The Morgan fingerprint density at radius 3 is 1.86 bits per heavy atom. The molecule has 0 unspecified atom stereocenters. The molecule has 0 bridgehead atoms. The van der Waals surface area contributed by atoms with E-state index < -0.39 is 0 Å². The molecule has 0 spiro atoms. The van der Waals surface area contributed by atoms with Gasteiger partial charge in [-0.3, -0.25) is 0 Å². The average molecular weight is 199 g/mol. The smallest absolute Gasteiger partial charge is 0.00297 e. The predicted octanol–water partition coefficient (Wildman–Crippen LogP) is 3.84. The van der Waals surface area contributed by atoms with Crippen molar-refractivity contribution in [2.75, 3.05) is 13.6 Å². The van der Waals surface area contributed by atoms with Crippen molar-refractivity contribution >= 4 is 0 Å². The topological polar surface area (TPSA) is 12.0 Å². The standard InChI is InChI=1S/C8H19N.C3H4.C2H6/c1-3-4-5-6-7-8-9-2;1-3-2;1-2/h9H,3-8H2,1-2H3;1H,2H3;1-2H3. The van der Waals surface area contributed by atoms with Gasteiger partial charge in [-0.2, -0.15) is 0 Å². The summed E-state index contributed by atoms with van der Waals surface area (Å²) in [6.45, 7) is 9.09. The minimum Gasteiger partial charge on any atom is -0.320 e. The lowest BCUT2D eigenvalue weighted by Crippen LogP contribution is -2.06. The zero-order valence-electron chi connectivity index (χ0n) is 10.8. The largest absolute Gasteiger partial charge is 0.320 e. The maximum atomic E-state index is 4.60. The van der Waals surface area contributed by atoms with E-state index in [0.29, 0.717) is 0 Å². The molecule has 0 atom stereocenters. The van der Waals surface area contributed by atoms with Crippen LogP contribution in [0, 0.1) is 12.3 Å². The maximum Gasteiger partial charge on any atom is -0.00297 e. The first kappa shape index (κ1) is 19.1. The second-order valence-corrected chi connectivity index (χ2v) is 2.81. The van der Waals surface area contributed by atoms with Gasteiger partial charge < -0.3 is 5.32 Å². The lowest BCUT2D eigenvalue weighted by molar-refractivity contribution is 0.610. The van der Waals surface area contributed by atoms with Gasteiger partial charge in [0.1, 0.15) is 0 Å². The van der Waals surface area contributed by atoms with E-state index in [4.69, 9.17) is 0 Å². The molecule has 0 aromatic carbocycles. The summed E-state index contributed by atoms with van der Waals surface area (Å²) in [6, 6.07) is 0. The van der Waals surface area contributed by atoms with Crippen LogP contribution in [0.4, 0.5) is 0 Å². The van der Waals surface area contributed by atoms with E-state index in [1.54, 1.807) is 6.92 Å². The van der Waals surface area contributed by atoms with Gasteiger partial charge in [-0.1, -0.05) is 46.5 Å². The van der Waals surface area contributed by atoms with E-state index in [1.807, 2.05) is 20.9 Å². The van der Waals surface area contributed by atoms with Crippen LogP contribution in [-0.4, -0.2) is 13.6 Å². The molecule has 0 aliphatic heterocycles. The van der Waals surface area contributed by atoms with Crippen molar-refractivity contribution < 1.29 is 0 Å². The van der Waals surface area contributed by atoms with Crippen molar-refractivity contribution in [1.29, 1.82) is 0 Å². The van der Waals surface area contributed by atoms with Gasteiger partial charge in [0.25, 0.3) is 0 Å². The number of hydrogen-bond donors (Lipinski definition) is 1. The average Bonchev–Trinajstić information content (AvgIpc) is 2.22. The molecule has 0 aliphatic rings. The fourth-order valence-corrected chi connectivity index (χ4v) is 0.905. The molecule has 0 aromatic rings. The summed E-state index contributed by atoms with van der Waals surface area (Å²) in [7, 11) is 2.01. The Balaban J connectivity index is -0.000000205. The van der Waals surface area contributed by atoms with Gasteiger partial charge in [-0.25, -0.2) is 0 Å². The monoisotopic (exact) mass is 199 g/mol. The van der Waals surface area contributed by atoms with Gasteiger partial charge in [0.15, 0.2) is 0 Å². The Kier molecular flexibility index (Phi) is 40.2. The van der Waals surface area contributed by atoms with Gasteiger partial charge in [0.2, 0.25) is 0 Å². The number of hydrogen-bond acceptors (Lipinski definition) is 1. The van der Waals surface area contributed by atoms with Gasteiger partial charge in [-0.05, 0) is 26.9 Å². The van der Waals surface area contributed by atoms with Crippen LogP contribution >= 0.6 is 0 Å². The summed E-state index contributed by atoms with van der Waals surface area (Å²) < 4.78 is 0. The van der Waals surface area contributed by atoms with Crippen molar-refractivity contribution in [3.05, 3.63) is 0 Å². The molecule has 0 heterocycles. The van der Waals surface area contributed by atoms with E-state index in [-0.39, 0.29) is 0 Å². The zero-order chi connectivity index (χ0) is 11.7. The fraction of sp³-hybridized carbons (Fsp3) is 0.846. The molecule has 1 N–H and O–H groups in total. The molecule has 86 valence electrons. The predicted molar refractivity (Wildman–Crippen MR) is 68.5 cm³/mol. The van der Waals surface area contributed by atoms with Crippen molar-refractivity contribution in [3.63, 3.8) is 0 Å². The molecular formula is C13H29N. The normalized spacial score (nSPS) is 7.43. The van der Waals surface area contributed by atoms with Crippen LogP contribution in [0.3, 0.4) is 0 Å². The molecule has 0 aliphatic carbocycles. The SMILES string of the molecule is C#CC.CC.CCCCCCCNC. The van der Waals surface area contributed by atoms with Crippen molar-refractivity contribution in [3.8, 4) is 12.3 Å². The fourth-order valence-electron chi connectivity index (χ4n) is 0.905. The molecule has 0 amide bonds. The first-order valence-electron chi connectivity index (χ1n) is 5.85. The zero-order valence-corrected chi connectivity index (χ0v) is 10.8. The van der Waals surface area contributed by atoms with Crippen molar-refractivity contribution in [2.24, 2.45) is 0 Å². The number of nitrogens with one attached hydrogen (secondary N) is 1. The lowest BCUT2D eigenvalue weighted by Gasteiger charge is -1.97. The minimum atomic E-state index is 1.18. The highest BCUT2D eigenvalue weighted by Crippen LogP contribution is 2.00. The van der Waals surface area contributed by atoms with Crippen LogP contribution in [0.2, 0.25) is 0 Å². The van der Waals surface area contributed by atoms with Crippen LogP contribution in [0.25, 0.3) is 0 Å². The third kappa shape index (κ3) is 41.8. The molecule has 0 saturated carbocycles. The summed E-state index contributed by atoms with van der Waals surface area (Å²) >= 11 is 0. The highest BCUT2D eigenvalue weighted by molar-refractivity contribution is 4.73. The summed E-state index contributed by atoms with van der Waals surface area (Å²) in [4.78, 5) is 0. The number of terminal acetylenes is 1. The Morgan fingerprint density at radius 2 is 1.50 bits per heavy atom. The van der Waals surface area contributed by atoms with Crippen LogP contribution in [-0.2, 0) is 0 Å². The Bertz CT molecular complexity index is 85.9. The van der Waals surface area contributed by atoms with E-state index in [0.717, 1.165) is 0 Å². The van der Waals surface area contributed by atoms with Crippen LogP contribution in [0.1, 0.15) is 59.8 Å². The molecule has 14 heavy (non-hydrogen) atoms. The van der Waals surface area contributed by atoms with Gasteiger partial charge >= 0.3 is 0 Å². The molecule has 0 fully saturated rings.